The summed E-state index contributed by atoms with van der Waals surface area (Å²) in [6.07, 6.45) is 1.61. The van der Waals surface area contributed by atoms with Gasteiger partial charge in [-0.3, -0.25) is 9.48 Å². The molecular weight excluding hydrogens is 320 g/mol. The van der Waals surface area contributed by atoms with Gasteiger partial charge in [0.25, 0.3) is 5.91 Å². The van der Waals surface area contributed by atoms with E-state index in [9.17, 15) is 4.79 Å². The van der Waals surface area contributed by atoms with Crippen molar-refractivity contribution in [1.29, 1.82) is 0 Å². The molecule has 0 aliphatic carbocycles. The Hall–Kier alpha value is -1.95. The first-order valence-electron chi connectivity index (χ1n) is 6.08. The molecular formula is C14H15BrN4O. The van der Waals surface area contributed by atoms with Gasteiger partial charge in [0.15, 0.2) is 5.69 Å². The second-order valence-corrected chi connectivity index (χ2v) is 5.28. The van der Waals surface area contributed by atoms with Gasteiger partial charge in [0.2, 0.25) is 0 Å². The molecule has 2 aromatic rings. The summed E-state index contributed by atoms with van der Waals surface area (Å²) in [5, 5.41) is 8.08. The monoisotopic (exact) mass is 334 g/mol. The number of rotatable bonds is 3. The highest BCUT2D eigenvalue weighted by Gasteiger charge is 2.16. The molecule has 0 spiro atoms. The highest BCUT2D eigenvalue weighted by molar-refractivity contribution is 9.10. The van der Waals surface area contributed by atoms with Gasteiger partial charge in [-0.15, -0.1) is 0 Å². The highest BCUT2D eigenvalue weighted by Crippen LogP contribution is 2.19. The molecule has 5 nitrogen and oxygen atoms in total. The molecule has 104 valence electrons. The highest BCUT2D eigenvalue weighted by atomic mass is 79.9. The third-order valence-electron chi connectivity index (χ3n) is 2.90. The van der Waals surface area contributed by atoms with Crippen molar-refractivity contribution in [2.75, 3.05) is 0 Å². The summed E-state index contributed by atoms with van der Waals surface area (Å²) in [4.78, 5) is 12.0. The van der Waals surface area contributed by atoms with Crippen molar-refractivity contribution in [2.45, 2.75) is 13.8 Å². The smallest absolute Gasteiger partial charge is 0.271 e. The Balaban J connectivity index is 2.07. The first-order valence-corrected chi connectivity index (χ1v) is 6.87. The molecule has 0 radical (unpaired) electrons. The fraction of sp³-hybridized carbons (Fsp3) is 0.214. The summed E-state index contributed by atoms with van der Waals surface area (Å²) < 4.78 is 2.33. The second-order valence-electron chi connectivity index (χ2n) is 4.48. The Labute approximate surface area is 125 Å². The number of nitrogens with one attached hydrogen (secondary N) is 1. The van der Waals surface area contributed by atoms with Crippen LogP contribution < -0.4 is 5.43 Å². The van der Waals surface area contributed by atoms with Crippen molar-refractivity contribution in [2.24, 2.45) is 12.1 Å². The predicted octanol–water partition coefficient (Wildman–Crippen LogP) is 2.56. The van der Waals surface area contributed by atoms with E-state index >= 15 is 0 Å². The second kappa shape index (κ2) is 6.00. The lowest BCUT2D eigenvalue weighted by atomic mass is 10.2. The van der Waals surface area contributed by atoms with Gasteiger partial charge in [-0.05, 0) is 35.3 Å². The van der Waals surface area contributed by atoms with Crippen molar-refractivity contribution < 1.29 is 4.79 Å². The molecule has 6 heteroatoms. The molecule has 0 aliphatic rings. The zero-order valence-electron chi connectivity index (χ0n) is 11.5. The van der Waals surface area contributed by atoms with Crippen molar-refractivity contribution >= 4 is 28.1 Å². The molecule has 1 heterocycles. The van der Waals surface area contributed by atoms with Gasteiger partial charge in [-0.1, -0.05) is 29.8 Å². The van der Waals surface area contributed by atoms with Gasteiger partial charge >= 0.3 is 0 Å². The average molecular weight is 335 g/mol. The number of hydrogen-bond acceptors (Lipinski definition) is 3. The molecule has 1 N–H and O–H groups in total. The molecule has 0 unspecified atom stereocenters. The van der Waals surface area contributed by atoms with Crippen LogP contribution in [-0.4, -0.2) is 21.9 Å². The van der Waals surface area contributed by atoms with Crippen molar-refractivity contribution in [3.63, 3.8) is 0 Å². The number of halogens is 1. The lowest BCUT2D eigenvalue weighted by molar-refractivity contribution is 0.0948. The summed E-state index contributed by atoms with van der Waals surface area (Å²) >= 11 is 3.35. The Morgan fingerprint density at radius 3 is 2.80 bits per heavy atom. The van der Waals surface area contributed by atoms with Crippen LogP contribution in [0.1, 0.15) is 27.3 Å². The first kappa shape index (κ1) is 14.5. The number of carbonyl (C=O) groups is 1. The Bertz CT molecular complexity index is 676. The minimum Gasteiger partial charge on any atom is -0.271 e. The van der Waals surface area contributed by atoms with Crippen LogP contribution in [-0.2, 0) is 7.05 Å². The molecule has 20 heavy (non-hydrogen) atoms. The molecule has 1 aromatic carbocycles. The number of nitrogens with zero attached hydrogens (tertiary/aromatic N) is 3. The third kappa shape index (κ3) is 3.14. The summed E-state index contributed by atoms with van der Waals surface area (Å²) in [7, 11) is 1.78. The topological polar surface area (TPSA) is 59.3 Å². The molecule has 0 saturated carbocycles. The average Bonchev–Trinajstić information content (AvgIpc) is 2.66. The maximum atomic E-state index is 12.0. The van der Waals surface area contributed by atoms with Gasteiger partial charge in [-0.2, -0.15) is 10.2 Å². The molecule has 0 fully saturated rings. The largest absolute Gasteiger partial charge is 0.293 e. The summed E-state index contributed by atoms with van der Waals surface area (Å²) in [6, 6.07) is 7.85. The van der Waals surface area contributed by atoms with Gasteiger partial charge in [0.05, 0.1) is 16.4 Å². The van der Waals surface area contributed by atoms with Crippen LogP contribution in [0.4, 0.5) is 0 Å². The number of hydrazone groups is 1. The lowest BCUT2D eigenvalue weighted by Gasteiger charge is -1.97. The maximum Gasteiger partial charge on any atom is 0.293 e. The number of aromatic nitrogens is 2. The summed E-state index contributed by atoms with van der Waals surface area (Å²) in [6.45, 7) is 3.88. The van der Waals surface area contributed by atoms with Gasteiger partial charge in [-0.25, -0.2) is 5.43 Å². The van der Waals surface area contributed by atoms with E-state index < -0.39 is 0 Å². The Kier molecular flexibility index (Phi) is 4.34. The molecule has 0 aliphatic heterocycles. The van der Waals surface area contributed by atoms with Crippen molar-refractivity contribution in [3.8, 4) is 0 Å². The number of hydrogen-bond donors (Lipinski definition) is 1. The van der Waals surface area contributed by atoms with Crippen molar-refractivity contribution in [1.82, 2.24) is 15.2 Å². The van der Waals surface area contributed by atoms with E-state index in [1.54, 1.807) is 17.9 Å². The fourth-order valence-corrected chi connectivity index (χ4v) is 2.21. The van der Waals surface area contributed by atoms with E-state index in [0.717, 1.165) is 16.8 Å². The minimum absolute atomic E-state index is 0.325. The minimum atomic E-state index is -0.343. The van der Waals surface area contributed by atoms with Crippen LogP contribution >= 0.6 is 15.9 Å². The zero-order chi connectivity index (χ0) is 14.7. The van der Waals surface area contributed by atoms with Gasteiger partial charge in [0.1, 0.15) is 0 Å². The van der Waals surface area contributed by atoms with Crippen LogP contribution in [0.2, 0.25) is 0 Å². The molecule has 2 rings (SSSR count). The predicted molar refractivity (Wildman–Crippen MR) is 81.9 cm³/mol. The first-order chi connectivity index (χ1) is 9.49. The van der Waals surface area contributed by atoms with E-state index in [2.05, 4.69) is 31.6 Å². The number of aryl methyl sites for hydroxylation is 2. The number of amides is 1. The van der Waals surface area contributed by atoms with Crippen LogP contribution in [0.5, 0.6) is 0 Å². The maximum absolute atomic E-state index is 12.0. The molecule has 1 amide bonds. The molecule has 0 bridgehead atoms. The van der Waals surface area contributed by atoms with Crippen molar-refractivity contribution in [3.05, 3.63) is 51.3 Å². The van der Waals surface area contributed by atoms with Crippen LogP contribution in [0.15, 0.2) is 33.8 Å². The molecule has 0 atom stereocenters. The summed E-state index contributed by atoms with van der Waals surface area (Å²) in [5.41, 5.74) is 5.76. The van der Waals surface area contributed by atoms with Crippen LogP contribution in [0, 0.1) is 13.8 Å². The Morgan fingerprint density at radius 1 is 1.45 bits per heavy atom. The van der Waals surface area contributed by atoms with E-state index in [1.165, 1.54) is 0 Å². The van der Waals surface area contributed by atoms with E-state index in [0.29, 0.717) is 10.2 Å². The SMILES string of the molecule is Cc1cccc(C=NNC(=O)c2nn(C)c(C)c2Br)c1. The standard InChI is InChI=1S/C14H15BrN4O/c1-9-5-4-6-11(7-9)8-16-17-14(20)13-12(15)10(2)19(3)18-13/h4-8H,1-3H3,(H,17,20). The number of benzene rings is 1. The van der Waals surface area contributed by atoms with Crippen LogP contribution in [0.3, 0.4) is 0 Å². The molecule has 0 saturated heterocycles. The lowest BCUT2D eigenvalue weighted by Crippen LogP contribution is -2.19. The van der Waals surface area contributed by atoms with Gasteiger partial charge < -0.3 is 0 Å². The Morgan fingerprint density at radius 2 is 2.20 bits per heavy atom. The van der Waals surface area contributed by atoms with E-state index in [4.69, 9.17) is 0 Å². The van der Waals surface area contributed by atoms with Gasteiger partial charge in [0, 0.05) is 7.05 Å². The van der Waals surface area contributed by atoms with E-state index in [-0.39, 0.29) is 5.91 Å². The van der Waals surface area contributed by atoms with E-state index in [1.807, 2.05) is 38.1 Å². The van der Waals surface area contributed by atoms with Crippen LogP contribution in [0.25, 0.3) is 0 Å². The quantitative estimate of drug-likeness (QED) is 0.692. The summed E-state index contributed by atoms with van der Waals surface area (Å²) in [5.74, 6) is -0.343. The molecule has 1 aromatic heterocycles. The fourth-order valence-electron chi connectivity index (χ4n) is 1.70. The normalized spacial score (nSPS) is 11.0. The third-order valence-corrected chi connectivity index (χ3v) is 3.85. The zero-order valence-corrected chi connectivity index (χ0v) is 13.1. The number of carbonyl (C=O) groups excluding carboxylic acids is 1.